The molecule has 0 spiro atoms. The molecule has 0 atom stereocenters. The van der Waals surface area contributed by atoms with Crippen molar-refractivity contribution in [3.63, 3.8) is 0 Å². The summed E-state index contributed by atoms with van der Waals surface area (Å²) in [6.45, 7) is 2.00. The van der Waals surface area contributed by atoms with Gasteiger partial charge in [0.2, 0.25) is 5.69 Å². The summed E-state index contributed by atoms with van der Waals surface area (Å²) in [5, 5.41) is 11.8. The van der Waals surface area contributed by atoms with E-state index in [0.717, 1.165) is 70.0 Å². The molecule has 1 aliphatic rings. The van der Waals surface area contributed by atoms with Crippen molar-refractivity contribution in [1.82, 2.24) is 0 Å². The minimum atomic E-state index is -0.535. The standard InChI is InChI=1S/C32H28FN2O/c1-20-8-14-26-27-15-13-24(19-34)30(23-11-9-22(10-12-23)21-6-4-3-5-7-21)32(27)36-31(26)29(20)28-18-25(33)16-17-35(28)2/h8-18,21H,3-7H2,1-2H3/q+1/i21D. The molecule has 36 heavy (non-hydrogen) atoms. The second kappa shape index (κ2) is 8.91. The molecule has 5 aromatic rings. The van der Waals surface area contributed by atoms with E-state index in [2.05, 4.69) is 6.07 Å². The van der Waals surface area contributed by atoms with E-state index in [9.17, 15) is 9.65 Å². The summed E-state index contributed by atoms with van der Waals surface area (Å²) in [5.74, 6) is -0.842. The van der Waals surface area contributed by atoms with Crippen LogP contribution < -0.4 is 4.57 Å². The molecule has 3 aromatic carbocycles. The molecule has 0 N–H and O–H groups in total. The molecule has 178 valence electrons. The van der Waals surface area contributed by atoms with Gasteiger partial charge in [0.1, 0.15) is 24.0 Å². The molecule has 2 aromatic heterocycles. The number of fused-ring (bicyclic) bond motifs is 3. The van der Waals surface area contributed by atoms with Crippen molar-refractivity contribution in [3.8, 4) is 28.5 Å². The van der Waals surface area contributed by atoms with Crippen LogP contribution in [0.3, 0.4) is 0 Å². The van der Waals surface area contributed by atoms with E-state index in [1.807, 2.05) is 67.1 Å². The maximum Gasteiger partial charge on any atom is 0.219 e. The van der Waals surface area contributed by atoms with Crippen LogP contribution in [-0.4, -0.2) is 0 Å². The van der Waals surface area contributed by atoms with Crippen molar-refractivity contribution >= 4 is 21.9 Å². The summed E-state index contributed by atoms with van der Waals surface area (Å²) in [6.07, 6.45) is 6.86. The highest BCUT2D eigenvalue weighted by atomic mass is 19.1. The molecule has 0 amide bonds. The van der Waals surface area contributed by atoms with Gasteiger partial charge in [-0.2, -0.15) is 5.26 Å². The Morgan fingerprint density at radius 1 is 0.944 bits per heavy atom. The van der Waals surface area contributed by atoms with Crippen molar-refractivity contribution < 1.29 is 14.7 Å². The molecule has 4 heteroatoms. The summed E-state index contributed by atoms with van der Waals surface area (Å²) in [5.41, 5.74) is 7.06. The van der Waals surface area contributed by atoms with Gasteiger partial charge in [0, 0.05) is 29.8 Å². The number of hydrogen-bond acceptors (Lipinski definition) is 2. The molecule has 0 unspecified atom stereocenters. The third kappa shape index (κ3) is 3.67. The zero-order chi connectivity index (χ0) is 25.7. The van der Waals surface area contributed by atoms with Crippen LogP contribution in [0.5, 0.6) is 0 Å². The van der Waals surface area contributed by atoms with E-state index >= 15 is 0 Å². The monoisotopic (exact) mass is 476 g/mol. The Hall–Kier alpha value is -3.97. The topological polar surface area (TPSA) is 40.8 Å². The second-order valence-electron chi connectivity index (χ2n) is 9.80. The van der Waals surface area contributed by atoms with Crippen LogP contribution in [0, 0.1) is 24.1 Å². The van der Waals surface area contributed by atoms with E-state index in [-0.39, 0.29) is 5.82 Å². The zero-order valence-corrected chi connectivity index (χ0v) is 20.6. The fraction of sp³-hybridized carbons (Fsp3) is 0.250. The van der Waals surface area contributed by atoms with E-state index < -0.39 is 5.89 Å². The quantitative estimate of drug-likeness (QED) is 0.247. The smallest absolute Gasteiger partial charge is 0.219 e. The predicted octanol–water partition coefficient (Wildman–Crippen LogP) is 8.11. The lowest BCUT2D eigenvalue weighted by atomic mass is 9.83. The number of furan rings is 1. The highest BCUT2D eigenvalue weighted by Crippen LogP contribution is 2.42. The minimum absolute atomic E-state index is 0.307. The molecule has 0 radical (unpaired) electrons. The first-order valence-electron chi connectivity index (χ1n) is 13.0. The number of hydrogen-bond donors (Lipinski definition) is 0. The van der Waals surface area contributed by atoms with Gasteiger partial charge in [-0.25, -0.2) is 8.96 Å². The molecule has 1 aliphatic carbocycles. The highest BCUT2D eigenvalue weighted by Gasteiger charge is 2.24. The van der Waals surface area contributed by atoms with Gasteiger partial charge in [0.15, 0.2) is 6.20 Å². The highest BCUT2D eigenvalue weighted by molar-refractivity contribution is 6.14. The molecule has 2 heterocycles. The van der Waals surface area contributed by atoms with Crippen molar-refractivity contribution in [2.24, 2.45) is 7.05 Å². The number of aryl methyl sites for hydroxylation is 2. The Balaban J connectivity index is 1.58. The Morgan fingerprint density at radius 3 is 2.36 bits per heavy atom. The van der Waals surface area contributed by atoms with Gasteiger partial charge in [-0.1, -0.05) is 55.7 Å². The normalized spacial score (nSPS) is 15.7. The lowest BCUT2D eigenvalue weighted by molar-refractivity contribution is -0.660. The summed E-state index contributed by atoms with van der Waals surface area (Å²) in [6, 6.07) is 21.3. The van der Waals surface area contributed by atoms with E-state index in [1.54, 1.807) is 6.20 Å². The summed E-state index contributed by atoms with van der Waals surface area (Å²) < 4.78 is 31.7. The Labute approximate surface area is 211 Å². The maximum atomic E-state index is 14.3. The van der Waals surface area contributed by atoms with Crippen molar-refractivity contribution in [3.05, 3.63) is 89.4 Å². The summed E-state index contributed by atoms with van der Waals surface area (Å²) in [7, 11) is 1.89. The van der Waals surface area contributed by atoms with Crippen molar-refractivity contribution in [2.45, 2.75) is 44.9 Å². The zero-order valence-electron chi connectivity index (χ0n) is 21.6. The first-order chi connectivity index (χ1) is 17.9. The average Bonchev–Trinajstić information content (AvgIpc) is 3.28. The third-order valence-electron chi connectivity index (χ3n) is 7.55. The average molecular weight is 477 g/mol. The SMILES string of the molecule is [2H]C1(c2ccc(-c3c(C#N)ccc4c3oc3c(-c5cc(F)cc[n+]5C)c(C)ccc34)cc2)CCCCC1. The molecule has 1 saturated carbocycles. The van der Waals surface area contributed by atoms with Crippen LogP contribution in [0.1, 0.15) is 56.1 Å². The van der Waals surface area contributed by atoms with Crippen LogP contribution >= 0.6 is 0 Å². The fourth-order valence-corrected chi connectivity index (χ4v) is 5.63. The van der Waals surface area contributed by atoms with Gasteiger partial charge in [0.05, 0.1) is 17.2 Å². The lowest BCUT2D eigenvalue weighted by Crippen LogP contribution is -2.30. The Bertz CT molecular complexity index is 1710. The van der Waals surface area contributed by atoms with Crippen molar-refractivity contribution in [1.29, 1.82) is 5.26 Å². The number of pyridine rings is 1. The largest absolute Gasteiger partial charge is 0.454 e. The van der Waals surface area contributed by atoms with Gasteiger partial charge in [-0.05, 0) is 54.5 Å². The molecule has 0 bridgehead atoms. The number of benzene rings is 3. The van der Waals surface area contributed by atoms with Gasteiger partial charge >= 0.3 is 0 Å². The molecule has 3 nitrogen and oxygen atoms in total. The van der Waals surface area contributed by atoms with E-state index in [4.69, 9.17) is 5.79 Å². The van der Waals surface area contributed by atoms with E-state index in [1.165, 1.54) is 18.6 Å². The second-order valence-corrected chi connectivity index (χ2v) is 9.80. The summed E-state index contributed by atoms with van der Waals surface area (Å²) in [4.78, 5) is 0. The molecule has 1 fully saturated rings. The fourth-order valence-electron chi connectivity index (χ4n) is 5.63. The van der Waals surface area contributed by atoms with Gasteiger partial charge in [-0.15, -0.1) is 0 Å². The number of aromatic nitrogens is 1. The van der Waals surface area contributed by atoms with E-state index in [0.29, 0.717) is 16.7 Å². The lowest BCUT2D eigenvalue weighted by Gasteiger charge is -2.22. The van der Waals surface area contributed by atoms with Crippen LogP contribution in [0.25, 0.3) is 44.3 Å². The Morgan fingerprint density at radius 2 is 1.64 bits per heavy atom. The van der Waals surface area contributed by atoms with Crippen molar-refractivity contribution in [2.75, 3.05) is 0 Å². The Kier molecular flexibility index (Phi) is 5.28. The summed E-state index contributed by atoms with van der Waals surface area (Å²) >= 11 is 0. The molecule has 6 rings (SSSR count). The van der Waals surface area contributed by atoms with Crippen LogP contribution in [0.4, 0.5) is 4.39 Å². The van der Waals surface area contributed by atoms with Crippen LogP contribution in [0.15, 0.2) is 71.3 Å². The first-order valence-corrected chi connectivity index (χ1v) is 12.5. The number of rotatable bonds is 3. The van der Waals surface area contributed by atoms with Gasteiger partial charge in [-0.3, -0.25) is 0 Å². The van der Waals surface area contributed by atoms with Gasteiger partial charge in [0.25, 0.3) is 0 Å². The number of halogens is 1. The third-order valence-corrected chi connectivity index (χ3v) is 7.55. The van der Waals surface area contributed by atoms with Crippen LogP contribution in [-0.2, 0) is 7.05 Å². The minimum Gasteiger partial charge on any atom is -0.454 e. The maximum absolute atomic E-state index is 14.3. The first kappa shape index (κ1) is 21.3. The molecular weight excluding hydrogens is 447 g/mol. The number of nitriles is 1. The molecule has 0 aliphatic heterocycles. The molecule has 0 saturated heterocycles. The van der Waals surface area contributed by atoms with Crippen LogP contribution in [0.2, 0.25) is 0 Å². The predicted molar refractivity (Wildman–Crippen MR) is 141 cm³/mol. The molecular formula is C32H28FN2O+. The number of nitrogens with zero attached hydrogens (tertiary/aromatic N) is 2. The van der Waals surface area contributed by atoms with Gasteiger partial charge < -0.3 is 4.42 Å².